The Labute approximate surface area is 162 Å². The zero-order chi connectivity index (χ0) is 19.3. The van der Waals surface area contributed by atoms with E-state index in [9.17, 15) is 9.59 Å². The number of oxazole rings is 1. The lowest BCUT2D eigenvalue weighted by Gasteiger charge is -2.15. The van der Waals surface area contributed by atoms with E-state index in [1.807, 2.05) is 29.2 Å². The maximum absolute atomic E-state index is 12.3. The van der Waals surface area contributed by atoms with Crippen molar-refractivity contribution in [2.75, 3.05) is 13.1 Å². The van der Waals surface area contributed by atoms with E-state index in [0.29, 0.717) is 17.0 Å². The number of hydrogen-bond acceptors (Lipinski definition) is 5. The number of ether oxygens (including phenoxy) is 1. The second-order valence-corrected chi connectivity index (χ2v) is 6.66. The number of para-hydroxylation sites is 2. The van der Waals surface area contributed by atoms with Crippen molar-refractivity contribution in [3.8, 4) is 0 Å². The van der Waals surface area contributed by atoms with E-state index >= 15 is 0 Å². The molecule has 0 saturated carbocycles. The Kier molecular flexibility index (Phi) is 5.19. The molecule has 0 unspecified atom stereocenters. The summed E-state index contributed by atoms with van der Waals surface area (Å²) >= 11 is 0. The van der Waals surface area contributed by atoms with Gasteiger partial charge in [-0.3, -0.25) is 4.79 Å². The van der Waals surface area contributed by atoms with Gasteiger partial charge in [0.2, 0.25) is 5.89 Å². The molecule has 1 aliphatic rings. The van der Waals surface area contributed by atoms with Crippen LogP contribution in [0, 0.1) is 0 Å². The van der Waals surface area contributed by atoms with E-state index < -0.39 is 5.97 Å². The molecule has 6 nitrogen and oxygen atoms in total. The van der Waals surface area contributed by atoms with Gasteiger partial charge in [-0.05, 0) is 42.7 Å². The smallest absolute Gasteiger partial charge is 0.331 e. The van der Waals surface area contributed by atoms with Gasteiger partial charge in [0.15, 0.2) is 5.58 Å². The molecule has 0 atom stereocenters. The molecule has 6 heteroatoms. The van der Waals surface area contributed by atoms with Crippen LogP contribution >= 0.6 is 0 Å². The first-order valence-electron chi connectivity index (χ1n) is 9.28. The highest BCUT2D eigenvalue weighted by Crippen LogP contribution is 2.16. The lowest BCUT2D eigenvalue weighted by Crippen LogP contribution is -2.27. The van der Waals surface area contributed by atoms with Gasteiger partial charge in [-0.15, -0.1) is 0 Å². The summed E-state index contributed by atoms with van der Waals surface area (Å²) in [5, 5.41) is 0. The fourth-order valence-electron chi connectivity index (χ4n) is 3.15. The van der Waals surface area contributed by atoms with Crippen LogP contribution in [-0.4, -0.2) is 34.8 Å². The Balaban J connectivity index is 1.31. The van der Waals surface area contributed by atoms with Crippen LogP contribution < -0.4 is 0 Å². The molecule has 1 aliphatic heterocycles. The zero-order valence-electron chi connectivity index (χ0n) is 15.3. The van der Waals surface area contributed by atoms with Crippen LogP contribution in [-0.2, 0) is 16.1 Å². The third-order valence-electron chi connectivity index (χ3n) is 4.65. The molecule has 1 fully saturated rings. The minimum atomic E-state index is -0.487. The molecular weight excluding hydrogens is 356 g/mol. The van der Waals surface area contributed by atoms with Crippen molar-refractivity contribution in [2.45, 2.75) is 19.4 Å². The van der Waals surface area contributed by atoms with Gasteiger partial charge in [-0.1, -0.05) is 24.3 Å². The number of carbonyl (C=O) groups excluding carboxylic acids is 2. The molecule has 1 aromatic heterocycles. The third-order valence-corrected chi connectivity index (χ3v) is 4.65. The number of hydrogen-bond donors (Lipinski definition) is 0. The number of amides is 1. The predicted octanol–water partition coefficient (Wildman–Crippen LogP) is 3.82. The van der Waals surface area contributed by atoms with Gasteiger partial charge in [0.05, 0.1) is 0 Å². The van der Waals surface area contributed by atoms with E-state index in [4.69, 9.17) is 9.15 Å². The SMILES string of the molecule is O=C(/C=C/c1nc2ccccc2o1)OCc1ccc(C(=O)N2CCCC2)cc1. The van der Waals surface area contributed by atoms with Crippen LogP contribution in [0.2, 0.25) is 0 Å². The van der Waals surface area contributed by atoms with Gasteiger partial charge in [0, 0.05) is 30.8 Å². The molecule has 2 heterocycles. The normalized spacial score (nSPS) is 14.1. The molecule has 0 spiro atoms. The number of nitrogens with zero attached hydrogens (tertiary/aromatic N) is 2. The van der Waals surface area contributed by atoms with Crippen LogP contribution in [0.3, 0.4) is 0 Å². The van der Waals surface area contributed by atoms with Crippen LogP contribution in [0.25, 0.3) is 17.2 Å². The molecule has 4 rings (SSSR count). The van der Waals surface area contributed by atoms with Crippen LogP contribution in [0.4, 0.5) is 0 Å². The maximum Gasteiger partial charge on any atom is 0.331 e. The summed E-state index contributed by atoms with van der Waals surface area (Å²) in [6.45, 7) is 1.78. The Morgan fingerprint density at radius 2 is 1.82 bits per heavy atom. The van der Waals surface area contributed by atoms with E-state index in [1.165, 1.54) is 12.2 Å². The van der Waals surface area contributed by atoms with E-state index in [1.54, 1.807) is 24.3 Å². The van der Waals surface area contributed by atoms with Crippen molar-refractivity contribution >= 4 is 29.1 Å². The molecule has 2 aromatic carbocycles. The average molecular weight is 376 g/mol. The standard InChI is InChI=1S/C22H20N2O4/c25-21(12-11-20-23-18-5-1-2-6-19(18)28-20)27-15-16-7-9-17(10-8-16)22(26)24-13-3-4-14-24/h1-2,5-12H,3-4,13-15H2/b12-11+. The number of likely N-dealkylation sites (tertiary alicyclic amines) is 1. The third kappa shape index (κ3) is 4.11. The van der Waals surface area contributed by atoms with Crippen molar-refractivity contribution in [3.05, 3.63) is 71.6 Å². The molecule has 1 amide bonds. The lowest BCUT2D eigenvalue weighted by molar-refractivity contribution is -0.138. The minimum absolute atomic E-state index is 0.0577. The van der Waals surface area contributed by atoms with Gasteiger partial charge in [0.1, 0.15) is 12.1 Å². The predicted molar refractivity (Wildman–Crippen MR) is 104 cm³/mol. The molecule has 0 radical (unpaired) electrons. The molecular formula is C22H20N2O4. The Hall–Kier alpha value is -3.41. The zero-order valence-corrected chi connectivity index (χ0v) is 15.3. The number of fused-ring (bicyclic) bond motifs is 1. The monoisotopic (exact) mass is 376 g/mol. The molecule has 3 aromatic rings. The second-order valence-electron chi connectivity index (χ2n) is 6.66. The Morgan fingerprint density at radius 1 is 1.07 bits per heavy atom. The summed E-state index contributed by atoms with van der Waals surface area (Å²) in [4.78, 5) is 30.4. The fraction of sp³-hybridized carbons (Fsp3) is 0.227. The molecule has 28 heavy (non-hydrogen) atoms. The van der Waals surface area contributed by atoms with Gasteiger partial charge in [-0.2, -0.15) is 0 Å². The Bertz CT molecular complexity index is 981. The van der Waals surface area contributed by atoms with Crippen LogP contribution in [0.1, 0.15) is 34.7 Å². The number of esters is 1. The van der Waals surface area contributed by atoms with E-state index in [0.717, 1.165) is 37.0 Å². The van der Waals surface area contributed by atoms with Crippen LogP contribution in [0.5, 0.6) is 0 Å². The Morgan fingerprint density at radius 3 is 2.57 bits per heavy atom. The first-order chi connectivity index (χ1) is 13.7. The summed E-state index contributed by atoms with van der Waals surface area (Å²) < 4.78 is 10.8. The van der Waals surface area contributed by atoms with Crippen LogP contribution in [0.15, 0.2) is 59.0 Å². The summed E-state index contributed by atoms with van der Waals surface area (Å²) in [5.74, 6) is -0.0790. The molecule has 0 aliphatic carbocycles. The first kappa shape index (κ1) is 18.0. The van der Waals surface area contributed by atoms with Crippen molar-refractivity contribution in [2.24, 2.45) is 0 Å². The molecule has 0 bridgehead atoms. The largest absolute Gasteiger partial charge is 0.458 e. The highest BCUT2D eigenvalue weighted by atomic mass is 16.5. The number of rotatable bonds is 5. The van der Waals surface area contributed by atoms with Gasteiger partial charge in [0.25, 0.3) is 5.91 Å². The minimum Gasteiger partial charge on any atom is -0.458 e. The first-order valence-corrected chi connectivity index (χ1v) is 9.28. The van der Waals surface area contributed by atoms with Crippen molar-refractivity contribution in [1.29, 1.82) is 0 Å². The summed E-state index contributed by atoms with van der Waals surface area (Å²) in [7, 11) is 0. The number of aromatic nitrogens is 1. The average Bonchev–Trinajstić information content (AvgIpc) is 3.40. The second kappa shape index (κ2) is 8.08. The van der Waals surface area contributed by atoms with Crippen molar-refractivity contribution in [3.63, 3.8) is 0 Å². The summed E-state index contributed by atoms with van der Waals surface area (Å²) in [6, 6.07) is 14.6. The molecule has 0 N–H and O–H groups in total. The highest BCUT2D eigenvalue weighted by molar-refractivity contribution is 5.94. The lowest BCUT2D eigenvalue weighted by atomic mass is 10.1. The van der Waals surface area contributed by atoms with Crippen molar-refractivity contribution in [1.82, 2.24) is 9.88 Å². The fourth-order valence-corrected chi connectivity index (χ4v) is 3.15. The van der Waals surface area contributed by atoms with Gasteiger partial charge < -0.3 is 14.1 Å². The summed E-state index contributed by atoms with van der Waals surface area (Å²) in [6.07, 6.45) is 4.91. The maximum atomic E-state index is 12.3. The van der Waals surface area contributed by atoms with E-state index in [-0.39, 0.29) is 12.5 Å². The van der Waals surface area contributed by atoms with Gasteiger partial charge in [-0.25, -0.2) is 9.78 Å². The van der Waals surface area contributed by atoms with Gasteiger partial charge >= 0.3 is 5.97 Å². The number of carbonyl (C=O) groups is 2. The number of benzene rings is 2. The molecule has 1 saturated heterocycles. The topological polar surface area (TPSA) is 72.6 Å². The van der Waals surface area contributed by atoms with Crippen molar-refractivity contribution < 1.29 is 18.7 Å². The molecule has 142 valence electrons. The highest BCUT2D eigenvalue weighted by Gasteiger charge is 2.19. The van der Waals surface area contributed by atoms with E-state index in [2.05, 4.69) is 4.98 Å². The quantitative estimate of drug-likeness (QED) is 0.500. The summed E-state index contributed by atoms with van der Waals surface area (Å²) in [5.41, 5.74) is 2.88.